The summed E-state index contributed by atoms with van der Waals surface area (Å²) in [7, 11) is 0. The van der Waals surface area contributed by atoms with E-state index >= 15 is 0 Å². The first kappa shape index (κ1) is 17.6. The first-order chi connectivity index (χ1) is 12.0. The summed E-state index contributed by atoms with van der Waals surface area (Å²) in [6, 6.07) is 8.11. The van der Waals surface area contributed by atoms with Gasteiger partial charge in [0.15, 0.2) is 0 Å². The molecule has 134 valence electrons. The van der Waals surface area contributed by atoms with Gasteiger partial charge in [0.1, 0.15) is 0 Å². The van der Waals surface area contributed by atoms with Crippen molar-refractivity contribution in [1.82, 2.24) is 15.5 Å². The van der Waals surface area contributed by atoms with Gasteiger partial charge < -0.3 is 14.9 Å². The van der Waals surface area contributed by atoms with Crippen molar-refractivity contribution >= 4 is 5.91 Å². The third-order valence-corrected chi connectivity index (χ3v) is 4.82. The third kappa shape index (κ3) is 4.45. The van der Waals surface area contributed by atoms with Crippen LogP contribution in [0.1, 0.15) is 50.5 Å². The number of amides is 1. The Morgan fingerprint density at radius 1 is 1.32 bits per heavy atom. The van der Waals surface area contributed by atoms with Crippen molar-refractivity contribution in [3.8, 4) is 11.4 Å². The van der Waals surface area contributed by atoms with Crippen LogP contribution in [0.15, 0.2) is 28.8 Å². The maximum Gasteiger partial charge on any atom is 0.227 e. The van der Waals surface area contributed by atoms with Crippen LogP contribution >= 0.6 is 0 Å². The molecule has 0 spiro atoms. The molecule has 1 fully saturated rings. The summed E-state index contributed by atoms with van der Waals surface area (Å²) >= 11 is 0. The molecule has 2 aromatic rings. The minimum absolute atomic E-state index is 0.0549. The third-order valence-electron chi connectivity index (χ3n) is 4.82. The van der Waals surface area contributed by atoms with E-state index in [1.807, 2.05) is 12.1 Å². The Hall–Kier alpha value is -2.21. The molecule has 1 aliphatic carbocycles. The molecule has 1 amide bonds. The van der Waals surface area contributed by atoms with Gasteiger partial charge in [0.2, 0.25) is 17.6 Å². The van der Waals surface area contributed by atoms with Gasteiger partial charge in [0, 0.05) is 30.4 Å². The number of hydrogen-bond acceptors (Lipinski definition) is 5. The molecule has 0 bridgehead atoms. The number of aliphatic hydroxyl groups excluding tert-OH is 1. The minimum Gasteiger partial charge on any atom is -0.396 e. The van der Waals surface area contributed by atoms with Crippen molar-refractivity contribution in [2.75, 3.05) is 13.2 Å². The number of nitrogens with one attached hydrogen (secondary N) is 1. The lowest BCUT2D eigenvalue weighted by Crippen LogP contribution is -2.31. The smallest absolute Gasteiger partial charge is 0.227 e. The quantitative estimate of drug-likeness (QED) is 0.769. The Morgan fingerprint density at radius 2 is 2.04 bits per heavy atom. The molecule has 25 heavy (non-hydrogen) atoms. The first-order valence-corrected chi connectivity index (χ1v) is 8.82. The zero-order chi connectivity index (χ0) is 17.9. The Balaban J connectivity index is 1.50. The maximum atomic E-state index is 11.9. The fourth-order valence-electron chi connectivity index (χ4n) is 2.65. The van der Waals surface area contributed by atoms with Gasteiger partial charge in [-0.15, -0.1) is 0 Å². The monoisotopic (exact) mass is 343 g/mol. The zero-order valence-electron chi connectivity index (χ0n) is 14.8. The van der Waals surface area contributed by atoms with Crippen molar-refractivity contribution in [2.45, 2.75) is 45.4 Å². The summed E-state index contributed by atoms with van der Waals surface area (Å²) in [6.07, 6.45) is 2.67. The van der Waals surface area contributed by atoms with E-state index in [0.29, 0.717) is 37.0 Å². The van der Waals surface area contributed by atoms with Crippen molar-refractivity contribution in [3.63, 3.8) is 0 Å². The van der Waals surface area contributed by atoms with E-state index in [9.17, 15) is 9.90 Å². The summed E-state index contributed by atoms with van der Waals surface area (Å²) in [4.78, 5) is 16.3. The minimum atomic E-state index is -0.0739. The molecule has 1 aromatic heterocycles. The predicted octanol–water partition coefficient (Wildman–Crippen LogP) is 2.68. The number of hydrogen-bond donors (Lipinski definition) is 2. The molecule has 0 atom stereocenters. The Kier molecular flexibility index (Phi) is 5.18. The van der Waals surface area contributed by atoms with Crippen LogP contribution in [-0.4, -0.2) is 34.3 Å². The van der Waals surface area contributed by atoms with Crippen molar-refractivity contribution < 1.29 is 14.4 Å². The zero-order valence-corrected chi connectivity index (χ0v) is 14.8. The normalized spacial score (nSPS) is 15.4. The fraction of sp³-hybridized carbons (Fsp3) is 0.526. The van der Waals surface area contributed by atoms with Crippen LogP contribution in [0.3, 0.4) is 0 Å². The van der Waals surface area contributed by atoms with Crippen LogP contribution in [0.2, 0.25) is 0 Å². The van der Waals surface area contributed by atoms with Gasteiger partial charge >= 0.3 is 0 Å². The lowest BCUT2D eigenvalue weighted by Gasteiger charge is -2.12. The second-order valence-electron chi connectivity index (χ2n) is 7.22. The van der Waals surface area contributed by atoms with E-state index in [1.54, 1.807) is 0 Å². The molecule has 1 aliphatic rings. The molecule has 2 N–H and O–H groups in total. The molecular formula is C19H25N3O3. The van der Waals surface area contributed by atoms with Gasteiger partial charge in [0.05, 0.1) is 6.61 Å². The number of aliphatic hydroxyl groups is 1. The van der Waals surface area contributed by atoms with Crippen molar-refractivity contribution in [3.05, 3.63) is 35.7 Å². The van der Waals surface area contributed by atoms with Crippen LogP contribution < -0.4 is 5.32 Å². The topological polar surface area (TPSA) is 88.2 Å². The molecule has 0 aliphatic heterocycles. The van der Waals surface area contributed by atoms with Gasteiger partial charge in [0.25, 0.3) is 0 Å². The highest BCUT2D eigenvalue weighted by atomic mass is 16.5. The molecule has 0 radical (unpaired) electrons. The highest BCUT2D eigenvalue weighted by Gasteiger charge is 2.41. The number of benzene rings is 1. The fourth-order valence-corrected chi connectivity index (χ4v) is 2.65. The van der Waals surface area contributed by atoms with Crippen molar-refractivity contribution in [1.29, 1.82) is 0 Å². The van der Waals surface area contributed by atoms with Gasteiger partial charge in [-0.05, 0) is 24.3 Å². The molecular weight excluding hydrogens is 318 g/mol. The molecule has 6 nitrogen and oxygen atoms in total. The van der Waals surface area contributed by atoms with E-state index in [4.69, 9.17) is 4.52 Å². The van der Waals surface area contributed by atoms with Crippen LogP contribution in [0.25, 0.3) is 11.4 Å². The van der Waals surface area contributed by atoms with Gasteiger partial charge in [-0.1, -0.05) is 43.3 Å². The second-order valence-corrected chi connectivity index (χ2v) is 7.22. The number of nitrogens with zero attached hydrogens (tertiary/aromatic N) is 2. The maximum absolute atomic E-state index is 11.9. The largest absolute Gasteiger partial charge is 0.396 e. The Bertz CT molecular complexity index is 718. The SMILES string of the molecule is CC(C)c1ccc(-c2noc(CCC(=O)NCC3(CO)CC3)n2)cc1. The van der Waals surface area contributed by atoms with Crippen molar-refractivity contribution in [2.24, 2.45) is 5.41 Å². The van der Waals surface area contributed by atoms with E-state index in [2.05, 4.69) is 41.4 Å². The number of carbonyl (C=O) groups is 1. The highest BCUT2D eigenvalue weighted by Crippen LogP contribution is 2.44. The van der Waals surface area contributed by atoms with Crippen LogP contribution in [0.5, 0.6) is 0 Å². The standard InChI is InChI=1S/C19H25N3O3/c1-13(2)14-3-5-15(6-4-14)18-21-17(25-22-18)8-7-16(24)20-11-19(12-23)9-10-19/h3-6,13,23H,7-12H2,1-2H3,(H,20,24). The molecule has 0 saturated heterocycles. The molecule has 1 saturated carbocycles. The predicted molar refractivity (Wildman–Crippen MR) is 93.9 cm³/mol. The molecule has 0 unspecified atom stereocenters. The van der Waals surface area contributed by atoms with E-state index in [1.165, 1.54) is 5.56 Å². The van der Waals surface area contributed by atoms with E-state index in [-0.39, 0.29) is 17.9 Å². The van der Waals surface area contributed by atoms with E-state index < -0.39 is 0 Å². The summed E-state index contributed by atoms with van der Waals surface area (Å²) < 4.78 is 5.24. The number of aromatic nitrogens is 2. The summed E-state index contributed by atoms with van der Waals surface area (Å²) in [5.41, 5.74) is 2.10. The Morgan fingerprint density at radius 3 is 2.64 bits per heavy atom. The van der Waals surface area contributed by atoms with Crippen LogP contribution in [0.4, 0.5) is 0 Å². The molecule has 1 heterocycles. The van der Waals surface area contributed by atoms with Crippen LogP contribution in [-0.2, 0) is 11.2 Å². The summed E-state index contributed by atoms with van der Waals surface area (Å²) in [6.45, 7) is 4.98. The number of aryl methyl sites for hydroxylation is 1. The van der Waals surface area contributed by atoms with Gasteiger partial charge in [-0.2, -0.15) is 4.98 Å². The van der Waals surface area contributed by atoms with Gasteiger partial charge in [-0.3, -0.25) is 4.79 Å². The molecule has 1 aromatic carbocycles. The second kappa shape index (κ2) is 7.35. The lowest BCUT2D eigenvalue weighted by molar-refractivity contribution is -0.121. The average Bonchev–Trinajstić information content (AvgIpc) is 3.26. The van der Waals surface area contributed by atoms with Crippen LogP contribution in [0, 0.1) is 5.41 Å². The number of rotatable bonds is 8. The molecule has 3 rings (SSSR count). The number of carbonyl (C=O) groups excluding carboxylic acids is 1. The average molecular weight is 343 g/mol. The highest BCUT2D eigenvalue weighted by molar-refractivity contribution is 5.76. The first-order valence-electron chi connectivity index (χ1n) is 8.82. The molecule has 6 heteroatoms. The lowest BCUT2D eigenvalue weighted by atomic mass is 10.0. The Labute approximate surface area is 147 Å². The van der Waals surface area contributed by atoms with E-state index in [0.717, 1.165) is 18.4 Å². The summed E-state index contributed by atoms with van der Waals surface area (Å²) in [5.74, 6) is 1.43. The van der Waals surface area contributed by atoms with Gasteiger partial charge in [-0.25, -0.2) is 0 Å². The summed E-state index contributed by atoms with van der Waals surface area (Å²) in [5, 5.41) is 16.1.